The van der Waals surface area contributed by atoms with E-state index < -0.39 is 0 Å². The van der Waals surface area contributed by atoms with E-state index in [1.165, 1.54) is 0 Å². The van der Waals surface area contributed by atoms with E-state index in [2.05, 4.69) is 33.9 Å². The van der Waals surface area contributed by atoms with Gasteiger partial charge in [0, 0.05) is 31.2 Å². The SMILES string of the molecule is Cc1nc(C(C)N2CCN(C)CC2)n(-c2cccc(Cl)c2)n1. The van der Waals surface area contributed by atoms with Crippen LogP contribution in [0.15, 0.2) is 24.3 Å². The van der Waals surface area contributed by atoms with Gasteiger partial charge in [0.05, 0.1) is 11.7 Å². The molecule has 0 aliphatic carbocycles. The van der Waals surface area contributed by atoms with E-state index in [-0.39, 0.29) is 6.04 Å². The fourth-order valence-corrected chi connectivity index (χ4v) is 3.06. The molecule has 6 heteroatoms. The molecule has 1 aliphatic heterocycles. The third-order valence-corrected chi connectivity index (χ3v) is 4.49. The fourth-order valence-electron chi connectivity index (χ4n) is 2.87. The zero-order valence-corrected chi connectivity index (χ0v) is 14.1. The van der Waals surface area contributed by atoms with Crippen LogP contribution in [0.1, 0.15) is 24.6 Å². The second-order valence-electron chi connectivity index (χ2n) is 5.92. The summed E-state index contributed by atoms with van der Waals surface area (Å²) in [7, 11) is 2.17. The second kappa shape index (κ2) is 6.36. The summed E-state index contributed by atoms with van der Waals surface area (Å²) in [6.07, 6.45) is 0. The maximum absolute atomic E-state index is 6.12. The van der Waals surface area contributed by atoms with Crippen LogP contribution in [0.2, 0.25) is 5.02 Å². The number of nitrogens with zero attached hydrogens (tertiary/aromatic N) is 5. The van der Waals surface area contributed by atoms with E-state index in [4.69, 9.17) is 11.6 Å². The highest BCUT2D eigenvalue weighted by molar-refractivity contribution is 6.30. The molecule has 1 aliphatic rings. The highest BCUT2D eigenvalue weighted by Crippen LogP contribution is 2.23. The largest absolute Gasteiger partial charge is 0.304 e. The molecule has 2 aromatic rings. The van der Waals surface area contributed by atoms with Gasteiger partial charge >= 0.3 is 0 Å². The van der Waals surface area contributed by atoms with Crippen LogP contribution in [0.5, 0.6) is 0 Å². The molecule has 0 radical (unpaired) electrons. The molecule has 3 rings (SSSR count). The average Bonchev–Trinajstić information content (AvgIpc) is 2.89. The standard InChI is InChI=1S/C16H22ClN5/c1-12(21-9-7-20(3)8-10-21)16-18-13(2)19-22(16)15-6-4-5-14(17)11-15/h4-6,11-12H,7-10H2,1-3H3. The van der Waals surface area contributed by atoms with E-state index in [0.717, 1.165) is 43.5 Å². The molecule has 118 valence electrons. The summed E-state index contributed by atoms with van der Waals surface area (Å²) >= 11 is 6.12. The number of aryl methyl sites for hydroxylation is 1. The van der Waals surface area contributed by atoms with Crippen LogP contribution < -0.4 is 0 Å². The van der Waals surface area contributed by atoms with Crippen LogP contribution >= 0.6 is 11.6 Å². The molecule has 5 nitrogen and oxygen atoms in total. The minimum atomic E-state index is 0.230. The molecule has 22 heavy (non-hydrogen) atoms. The van der Waals surface area contributed by atoms with Gasteiger partial charge in [0.25, 0.3) is 0 Å². The molecule has 0 amide bonds. The average molecular weight is 320 g/mol. The Morgan fingerprint density at radius 2 is 1.91 bits per heavy atom. The van der Waals surface area contributed by atoms with Gasteiger partial charge in [-0.15, -0.1) is 0 Å². The first-order valence-electron chi connectivity index (χ1n) is 7.66. The van der Waals surface area contributed by atoms with Crippen molar-refractivity contribution >= 4 is 11.6 Å². The number of hydrogen-bond donors (Lipinski definition) is 0. The maximum atomic E-state index is 6.12. The molecule has 1 saturated heterocycles. The summed E-state index contributed by atoms with van der Waals surface area (Å²) in [6.45, 7) is 8.43. The second-order valence-corrected chi connectivity index (χ2v) is 6.36. The van der Waals surface area contributed by atoms with Crippen LogP contribution in [0.4, 0.5) is 0 Å². The molecule has 0 bridgehead atoms. The minimum Gasteiger partial charge on any atom is -0.304 e. The summed E-state index contributed by atoms with van der Waals surface area (Å²) in [5, 5.41) is 5.27. The predicted molar refractivity (Wildman–Crippen MR) is 88.6 cm³/mol. The minimum absolute atomic E-state index is 0.230. The molecular weight excluding hydrogens is 298 g/mol. The summed E-state index contributed by atoms with van der Waals surface area (Å²) in [5.41, 5.74) is 0.962. The molecular formula is C16H22ClN5. The molecule has 1 unspecified atom stereocenters. The Morgan fingerprint density at radius 1 is 1.18 bits per heavy atom. The zero-order valence-electron chi connectivity index (χ0n) is 13.3. The van der Waals surface area contributed by atoms with Crippen molar-refractivity contribution in [3.05, 3.63) is 40.9 Å². The Labute approximate surface area is 136 Å². The van der Waals surface area contributed by atoms with Gasteiger partial charge in [0.2, 0.25) is 0 Å². The van der Waals surface area contributed by atoms with Gasteiger partial charge in [-0.25, -0.2) is 9.67 Å². The predicted octanol–water partition coefficient (Wildman–Crippen LogP) is 2.54. The Morgan fingerprint density at radius 3 is 2.59 bits per heavy atom. The molecule has 2 heterocycles. The number of likely N-dealkylation sites (N-methyl/N-ethyl adjacent to an activating group) is 1. The highest BCUT2D eigenvalue weighted by Gasteiger charge is 2.25. The van der Waals surface area contributed by atoms with Gasteiger partial charge in [0.1, 0.15) is 11.6 Å². The quantitative estimate of drug-likeness (QED) is 0.871. The fraction of sp³-hybridized carbons (Fsp3) is 0.500. The molecule has 1 fully saturated rings. The molecule has 0 spiro atoms. The Hall–Kier alpha value is -1.43. The van der Waals surface area contributed by atoms with Crippen molar-refractivity contribution in [3.8, 4) is 5.69 Å². The molecule has 1 aromatic heterocycles. The van der Waals surface area contributed by atoms with Crippen LogP contribution in [-0.4, -0.2) is 57.8 Å². The third kappa shape index (κ3) is 3.16. The first kappa shape index (κ1) is 15.5. The number of halogens is 1. The normalized spacial score (nSPS) is 18.5. The van der Waals surface area contributed by atoms with Crippen molar-refractivity contribution in [1.82, 2.24) is 24.6 Å². The Kier molecular flexibility index (Phi) is 4.47. The summed E-state index contributed by atoms with van der Waals surface area (Å²) < 4.78 is 1.92. The van der Waals surface area contributed by atoms with E-state index in [9.17, 15) is 0 Å². The van der Waals surface area contributed by atoms with Crippen molar-refractivity contribution < 1.29 is 0 Å². The number of hydrogen-bond acceptors (Lipinski definition) is 4. The van der Waals surface area contributed by atoms with Gasteiger partial charge in [-0.05, 0) is 39.1 Å². The third-order valence-electron chi connectivity index (χ3n) is 4.25. The Balaban J connectivity index is 1.91. The van der Waals surface area contributed by atoms with Crippen molar-refractivity contribution in [1.29, 1.82) is 0 Å². The lowest BCUT2D eigenvalue weighted by molar-refractivity contribution is 0.114. The topological polar surface area (TPSA) is 37.2 Å². The van der Waals surface area contributed by atoms with Gasteiger partial charge < -0.3 is 4.90 Å². The highest BCUT2D eigenvalue weighted by atomic mass is 35.5. The van der Waals surface area contributed by atoms with Crippen LogP contribution in [0, 0.1) is 6.92 Å². The lowest BCUT2D eigenvalue weighted by Crippen LogP contribution is -2.45. The van der Waals surface area contributed by atoms with Crippen LogP contribution in [-0.2, 0) is 0 Å². The summed E-state index contributed by atoms with van der Waals surface area (Å²) in [4.78, 5) is 9.48. The summed E-state index contributed by atoms with van der Waals surface area (Å²) in [6, 6.07) is 7.99. The first-order chi connectivity index (χ1) is 10.5. The lowest BCUT2D eigenvalue weighted by atomic mass is 10.2. The van der Waals surface area contributed by atoms with Crippen molar-refractivity contribution in [3.63, 3.8) is 0 Å². The van der Waals surface area contributed by atoms with Gasteiger partial charge in [-0.2, -0.15) is 5.10 Å². The molecule has 1 aromatic carbocycles. The monoisotopic (exact) mass is 319 g/mol. The van der Waals surface area contributed by atoms with Gasteiger partial charge in [-0.1, -0.05) is 17.7 Å². The van der Waals surface area contributed by atoms with E-state index >= 15 is 0 Å². The van der Waals surface area contributed by atoms with Crippen molar-refractivity contribution in [2.45, 2.75) is 19.9 Å². The lowest BCUT2D eigenvalue weighted by Gasteiger charge is -2.35. The van der Waals surface area contributed by atoms with Gasteiger partial charge in [-0.3, -0.25) is 4.90 Å². The number of aromatic nitrogens is 3. The van der Waals surface area contributed by atoms with Crippen molar-refractivity contribution in [2.24, 2.45) is 0 Å². The molecule has 0 N–H and O–H groups in total. The van der Waals surface area contributed by atoms with E-state index in [1.807, 2.05) is 35.9 Å². The first-order valence-corrected chi connectivity index (χ1v) is 8.04. The van der Waals surface area contributed by atoms with E-state index in [1.54, 1.807) is 0 Å². The Bertz CT molecular complexity index is 646. The van der Waals surface area contributed by atoms with E-state index in [0.29, 0.717) is 5.02 Å². The smallest absolute Gasteiger partial charge is 0.149 e. The van der Waals surface area contributed by atoms with Crippen LogP contribution in [0.3, 0.4) is 0 Å². The number of rotatable bonds is 3. The van der Waals surface area contributed by atoms with Crippen molar-refractivity contribution in [2.75, 3.05) is 33.2 Å². The summed E-state index contributed by atoms with van der Waals surface area (Å²) in [5.74, 6) is 1.76. The maximum Gasteiger partial charge on any atom is 0.149 e. The zero-order chi connectivity index (χ0) is 15.7. The number of benzene rings is 1. The molecule has 0 saturated carbocycles. The van der Waals surface area contributed by atoms with Gasteiger partial charge in [0.15, 0.2) is 0 Å². The number of piperazine rings is 1. The molecule has 1 atom stereocenters. The van der Waals surface area contributed by atoms with Crippen LogP contribution in [0.25, 0.3) is 5.69 Å².